The summed E-state index contributed by atoms with van der Waals surface area (Å²) in [5.74, 6) is 0. The second-order valence-electron chi connectivity index (χ2n) is 1.97. The van der Waals surface area contributed by atoms with E-state index in [1.54, 1.807) is 0 Å². The van der Waals surface area contributed by atoms with Crippen LogP contribution in [0.25, 0.3) is 0 Å². The molecule has 0 fully saturated rings. The highest BCUT2D eigenvalue weighted by Crippen LogP contribution is 2.11. The lowest BCUT2D eigenvalue weighted by Crippen LogP contribution is -2.32. The van der Waals surface area contributed by atoms with Gasteiger partial charge >= 0.3 is 0 Å². The smallest absolute Gasteiger partial charge is 0.0927 e. The van der Waals surface area contributed by atoms with Crippen molar-refractivity contribution < 1.29 is 47.1 Å². The van der Waals surface area contributed by atoms with Crippen molar-refractivity contribution in [2.45, 2.75) is 70.6 Å². The Morgan fingerprint density at radius 2 is 1.38 bits per heavy atom. The second kappa shape index (κ2) is 10.1. The number of hydroxylamine groups is 3. The summed E-state index contributed by atoms with van der Waals surface area (Å²) in [6.07, 6.45) is -49.5. The van der Waals surface area contributed by atoms with Crippen LogP contribution in [-0.4, -0.2) is 25.1 Å². The van der Waals surface area contributed by atoms with Crippen LogP contribution in [0.5, 0.6) is 0 Å². The Bertz CT molecular complexity index is 1130. The van der Waals surface area contributed by atoms with Crippen molar-refractivity contribution in [2.75, 3.05) is 20.4 Å². The monoisotopic (exact) mass is 260 g/mol. The summed E-state index contributed by atoms with van der Waals surface area (Å²) in [6.45, 7) is -18.5. The zero-order chi connectivity index (χ0) is 39.5. The summed E-state index contributed by atoms with van der Waals surface area (Å²) in [5.41, 5.74) is 0. The maximum atomic E-state index is 13.2. The summed E-state index contributed by atoms with van der Waals surface area (Å²) in [5, 5.41) is 13.2. The van der Waals surface area contributed by atoms with Crippen LogP contribution in [-0.2, 0) is 0 Å². The summed E-state index contributed by atoms with van der Waals surface area (Å²) in [6, 6.07) is 0. The summed E-state index contributed by atoms with van der Waals surface area (Å²) < 4.78 is 236. The molecule has 0 unspecified atom stereocenters. The molecule has 0 saturated carbocycles. The van der Waals surface area contributed by atoms with Crippen molar-refractivity contribution in [1.29, 1.82) is 0 Å². The maximum Gasteiger partial charge on any atom is 0.0927 e. The first kappa shape index (κ1) is 1.68. The van der Waals surface area contributed by atoms with Gasteiger partial charge in [0.2, 0.25) is 0 Å². The molecule has 0 amide bonds. The quantitative estimate of drug-likeness (QED) is 0.397. The summed E-state index contributed by atoms with van der Waals surface area (Å²) in [4.78, 5) is 0. The molecule has 0 saturated heterocycles. The molecule has 2 nitrogen and oxygen atoms in total. The molecule has 0 aromatic heterocycles. The minimum absolute atomic E-state index is 4.10. The van der Waals surface area contributed by atoms with E-state index in [9.17, 15) is 5.21 Å². The topological polar surface area (TPSA) is 23.1 Å². The zero-order valence-corrected chi connectivity index (χ0v) is 7.86. The molecule has 0 atom stereocenters. The lowest BCUT2D eigenvalue weighted by atomic mass is 10.1. The van der Waals surface area contributed by atoms with E-state index in [0.717, 1.165) is 0 Å². The fourth-order valence-corrected chi connectivity index (χ4v) is 0.357. The van der Waals surface area contributed by atoms with E-state index in [4.69, 9.17) is 42.5 Å². The van der Waals surface area contributed by atoms with Gasteiger partial charge in [0.05, 0.1) is 31.4 Å². The van der Waals surface area contributed by atoms with E-state index >= 15 is 0 Å². The molecular formula is C14H31NO. The predicted molar refractivity (Wildman–Crippen MR) is 72.2 cm³/mol. The van der Waals surface area contributed by atoms with Gasteiger partial charge in [0.25, 0.3) is 0 Å². The highest BCUT2D eigenvalue weighted by molar-refractivity contribution is 4.47. The third kappa shape index (κ3) is 13.9. The van der Waals surface area contributed by atoms with Crippen molar-refractivity contribution in [3.05, 3.63) is 5.21 Å². The van der Waals surface area contributed by atoms with Gasteiger partial charge in [0, 0.05) is 31.5 Å². The van der Waals surface area contributed by atoms with E-state index in [1.807, 2.05) is 0 Å². The molecule has 0 rings (SSSR count). The van der Waals surface area contributed by atoms with Crippen LogP contribution >= 0.6 is 0 Å². The van der Waals surface area contributed by atoms with Gasteiger partial charge < -0.3 is 9.85 Å². The highest BCUT2D eigenvalue weighted by atomic mass is 16.5. The maximum absolute atomic E-state index is 13.2. The van der Waals surface area contributed by atoms with Crippen LogP contribution in [0, 0.1) is 5.21 Å². The fourth-order valence-electron chi connectivity index (χ4n) is 0.357. The third-order valence-electron chi connectivity index (χ3n) is 0.776. The van der Waals surface area contributed by atoms with Crippen molar-refractivity contribution in [1.82, 2.24) is 0 Å². The number of quaternary nitrogens is 1. The number of rotatable bonds is 11. The van der Waals surface area contributed by atoms with Crippen molar-refractivity contribution in [3.63, 3.8) is 0 Å². The molecule has 0 bridgehead atoms. The first-order valence-corrected chi connectivity index (χ1v) is 3.60. The third-order valence-corrected chi connectivity index (χ3v) is 0.776. The minimum Gasteiger partial charge on any atom is -0.633 e. The van der Waals surface area contributed by atoms with Gasteiger partial charge in [-0.05, 0) is 12.7 Å². The largest absolute Gasteiger partial charge is 0.633 e. The molecule has 0 aliphatic carbocycles. The lowest BCUT2D eigenvalue weighted by Gasteiger charge is -2.33. The van der Waals surface area contributed by atoms with E-state index in [1.165, 1.54) is 0 Å². The lowest BCUT2D eigenvalue weighted by molar-refractivity contribution is -0.840. The molecule has 16 heavy (non-hydrogen) atoms. The SMILES string of the molecule is [2H]C([2H])([2H])C([2H])([2H])C([2H])([2H])C([2H])([2H])C([2H])([2H])C([2H])([2H])C([2H])([2H])C([2H])([2H])C([2H])([2H])C([2H])([2H])C([2H])([2H])C([2H])([2H])[N+]([O-])(C([2H])([2H])[2H])C([2H])([2H])[2H]. The van der Waals surface area contributed by atoms with Gasteiger partial charge in [-0.25, -0.2) is 0 Å². The van der Waals surface area contributed by atoms with Crippen molar-refractivity contribution in [2.24, 2.45) is 0 Å². The second-order valence-corrected chi connectivity index (χ2v) is 1.97. The Labute approximate surface area is 146 Å². The van der Waals surface area contributed by atoms with E-state index < -0.39 is 95.7 Å². The highest BCUT2D eigenvalue weighted by Gasteiger charge is 2.00. The van der Waals surface area contributed by atoms with E-state index in [0.29, 0.717) is 0 Å². The zero-order valence-electron chi connectivity index (χ0n) is 38.9. The van der Waals surface area contributed by atoms with Crippen LogP contribution in [0.2, 0.25) is 0 Å². The predicted octanol–water partition coefficient (Wildman–Crippen LogP) is 4.48. The van der Waals surface area contributed by atoms with E-state index in [2.05, 4.69) is 0 Å². The first-order valence-electron chi connectivity index (χ1n) is 19.1. The van der Waals surface area contributed by atoms with Gasteiger partial charge in [-0.1, -0.05) is 57.8 Å². The molecule has 0 aliphatic heterocycles. The standard InChI is InChI=1S/C14H31NO/c1-4-5-6-7-8-9-10-11-12-13-14-15(2,3)16/h4-14H2,1-3H3/i1D3,2D3,3D3,4D2,5D2,6D2,7D2,8D2,9D2,10D2,11D2,12D2,13D2,14D2. The fraction of sp³-hybridized carbons (Fsp3) is 1.00. The first-order chi connectivity index (χ1) is 19.5. The molecule has 0 N–H and O–H groups in total. The van der Waals surface area contributed by atoms with Crippen molar-refractivity contribution >= 4 is 0 Å². The Balaban J connectivity index is 7.72. The van der Waals surface area contributed by atoms with Crippen LogP contribution in [0.3, 0.4) is 0 Å². The number of hydrogen-bond acceptors (Lipinski definition) is 1. The molecule has 0 heterocycles. The molecule has 0 aromatic carbocycles. The molecule has 0 radical (unpaired) electrons. The molecule has 0 spiro atoms. The number of nitrogens with zero attached hydrogens (tertiary/aromatic N) is 1. The van der Waals surface area contributed by atoms with Crippen LogP contribution in [0.1, 0.15) is 113 Å². The van der Waals surface area contributed by atoms with E-state index in [-0.39, 0.29) is 0 Å². The molecule has 0 aromatic rings. The minimum atomic E-state index is -5.16. The van der Waals surface area contributed by atoms with Gasteiger partial charge in [-0.3, -0.25) is 0 Å². The Kier molecular flexibility index (Phi) is 1.06. The van der Waals surface area contributed by atoms with Crippen molar-refractivity contribution in [3.8, 4) is 0 Å². The van der Waals surface area contributed by atoms with Gasteiger partial charge in [-0.2, -0.15) is 0 Å². The summed E-state index contributed by atoms with van der Waals surface area (Å²) in [7, 11) is 0. The van der Waals surface area contributed by atoms with Crippen LogP contribution < -0.4 is 0 Å². The Morgan fingerprint density at radius 1 is 0.875 bits per heavy atom. The van der Waals surface area contributed by atoms with Gasteiger partial charge in [0.1, 0.15) is 0 Å². The molecule has 0 aliphatic rings. The normalized spacial score (nSPS) is 52.9. The Morgan fingerprint density at radius 3 is 1.88 bits per heavy atom. The van der Waals surface area contributed by atoms with Gasteiger partial charge in [-0.15, -0.1) is 0 Å². The average Bonchev–Trinajstić information content (AvgIpc) is 2.79. The van der Waals surface area contributed by atoms with Crippen LogP contribution in [0.15, 0.2) is 0 Å². The van der Waals surface area contributed by atoms with Crippen LogP contribution in [0.4, 0.5) is 0 Å². The molecule has 98 valence electrons. The molecular weight excluding hydrogens is 198 g/mol. The number of hydrogen-bond donors (Lipinski definition) is 0. The molecule has 2 heteroatoms. The van der Waals surface area contributed by atoms with Gasteiger partial charge in [0.15, 0.2) is 0 Å². The average molecular weight is 261 g/mol. The Hall–Kier alpha value is -0.0800. The summed E-state index contributed by atoms with van der Waals surface area (Å²) >= 11 is 0.